The number of nitrogens with one attached hydrogen (secondary N) is 2. The summed E-state index contributed by atoms with van der Waals surface area (Å²) in [5.74, 6) is 0.512. The van der Waals surface area contributed by atoms with E-state index < -0.39 is 5.91 Å². The van der Waals surface area contributed by atoms with Crippen LogP contribution < -0.4 is 20.2 Å². The number of benzene rings is 2. The Morgan fingerprint density at radius 1 is 1.11 bits per heavy atom. The van der Waals surface area contributed by atoms with E-state index in [-0.39, 0.29) is 12.5 Å². The summed E-state index contributed by atoms with van der Waals surface area (Å²) < 4.78 is 10.8. The molecule has 0 aliphatic rings. The highest BCUT2D eigenvalue weighted by Gasteiger charge is 2.08. The Labute approximate surface area is 164 Å². The van der Waals surface area contributed by atoms with E-state index in [9.17, 15) is 9.59 Å². The number of carbonyl (C=O) groups is 2. The molecule has 7 heteroatoms. The third-order valence-corrected chi connectivity index (χ3v) is 3.51. The van der Waals surface area contributed by atoms with Crippen LogP contribution in [-0.4, -0.2) is 37.8 Å². The highest BCUT2D eigenvalue weighted by atomic mass is 16.5. The van der Waals surface area contributed by atoms with Gasteiger partial charge in [-0.25, -0.2) is 5.43 Å². The Kier molecular flexibility index (Phi) is 8.26. The van der Waals surface area contributed by atoms with E-state index in [1.54, 1.807) is 36.4 Å². The third kappa shape index (κ3) is 6.60. The van der Waals surface area contributed by atoms with Crippen LogP contribution in [0.4, 0.5) is 0 Å². The van der Waals surface area contributed by atoms with Crippen molar-refractivity contribution in [1.29, 1.82) is 0 Å². The summed E-state index contributed by atoms with van der Waals surface area (Å²) >= 11 is 0. The Balaban J connectivity index is 1.81. The number of ether oxygens (including phenoxy) is 2. The molecule has 0 spiro atoms. The maximum absolute atomic E-state index is 12.1. The molecule has 0 aliphatic carbocycles. The van der Waals surface area contributed by atoms with Gasteiger partial charge in [0.25, 0.3) is 11.8 Å². The number of hydrogen-bond acceptors (Lipinski definition) is 5. The molecule has 0 radical (unpaired) electrons. The van der Waals surface area contributed by atoms with Crippen molar-refractivity contribution in [3.63, 3.8) is 0 Å². The lowest BCUT2D eigenvalue weighted by molar-refractivity contribution is -0.120. The normalized spacial score (nSPS) is 10.3. The van der Waals surface area contributed by atoms with Gasteiger partial charge in [-0.1, -0.05) is 24.8 Å². The molecule has 0 atom stereocenters. The molecule has 0 heterocycles. The lowest BCUT2D eigenvalue weighted by Gasteiger charge is -2.07. The number of nitrogens with zero attached hydrogens (tertiary/aromatic N) is 1. The topological polar surface area (TPSA) is 89.0 Å². The molecular weight excluding hydrogens is 358 g/mol. The first-order chi connectivity index (χ1) is 13.6. The summed E-state index contributed by atoms with van der Waals surface area (Å²) in [5.41, 5.74) is 3.52. The van der Waals surface area contributed by atoms with E-state index in [2.05, 4.69) is 22.4 Å². The Bertz CT molecular complexity index is 832. The summed E-state index contributed by atoms with van der Waals surface area (Å²) in [5, 5.41) is 6.43. The van der Waals surface area contributed by atoms with Gasteiger partial charge in [-0.05, 0) is 43.3 Å². The van der Waals surface area contributed by atoms with Gasteiger partial charge < -0.3 is 14.8 Å². The van der Waals surface area contributed by atoms with Gasteiger partial charge in [0.1, 0.15) is 18.1 Å². The summed E-state index contributed by atoms with van der Waals surface area (Å²) in [4.78, 5) is 23.9. The molecule has 7 nitrogen and oxygen atoms in total. The number of hydrazone groups is 1. The SMILES string of the molecule is C=CCOc1ccccc1/C=N\NC(=O)CNC(=O)c1ccc(OCC)cc1. The number of amides is 2. The summed E-state index contributed by atoms with van der Waals surface area (Å²) in [6.45, 7) is 6.21. The molecule has 2 amide bonds. The fourth-order valence-electron chi connectivity index (χ4n) is 2.21. The maximum atomic E-state index is 12.1. The van der Waals surface area contributed by atoms with Crippen molar-refractivity contribution in [3.05, 3.63) is 72.3 Å². The zero-order valence-electron chi connectivity index (χ0n) is 15.7. The zero-order valence-corrected chi connectivity index (χ0v) is 15.7. The summed E-state index contributed by atoms with van der Waals surface area (Å²) in [7, 11) is 0. The van der Waals surface area contributed by atoms with Crippen molar-refractivity contribution in [2.24, 2.45) is 5.10 Å². The van der Waals surface area contributed by atoms with Crippen LogP contribution in [0.1, 0.15) is 22.8 Å². The molecule has 28 heavy (non-hydrogen) atoms. The van der Waals surface area contributed by atoms with E-state index in [1.807, 2.05) is 25.1 Å². The molecule has 2 rings (SSSR count). The molecule has 2 aromatic rings. The van der Waals surface area contributed by atoms with Crippen LogP contribution in [-0.2, 0) is 4.79 Å². The maximum Gasteiger partial charge on any atom is 0.259 e. The first kappa shape index (κ1) is 20.7. The monoisotopic (exact) mass is 381 g/mol. The second-order valence-electron chi connectivity index (χ2n) is 5.57. The predicted octanol–water partition coefficient (Wildman–Crippen LogP) is 2.53. The largest absolute Gasteiger partial charge is 0.494 e. The smallest absolute Gasteiger partial charge is 0.259 e. The van der Waals surface area contributed by atoms with E-state index >= 15 is 0 Å². The van der Waals surface area contributed by atoms with Crippen LogP contribution in [0.5, 0.6) is 11.5 Å². The molecule has 0 saturated carbocycles. The summed E-state index contributed by atoms with van der Waals surface area (Å²) in [6.07, 6.45) is 3.12. The minimum atomic E-state index is -0.444. The van der Waals surface area contributed by atoms with Gasteiger partial charge in [0, 0.05) is 11.1 Å². The first-order valence-electron chi connectivity index (χ1n) is 8.79. The molecule has 0 saturated heterocycles. The van der Waals surface area contributed by atoms with Crippen LogP contribution in [0, 0.1) is 0 Å². The molecule has 0 fully saturated rings. The van der Waals surface area contributed by atoms with Gasteiger partial charge in [-0.3, -0.25) is 9.59 Å². The second-order valence-corrected chi connectivity index (χ2v) is 5.57. The molecule has 2 N–H and O–H groups in total. The van der Waals surface area contributed by atoms with E-state index in [1.165, 1.54) is 6.21 Å². The van der Waals surface area contributed by atoms with Gasteiger partial charge in [0.05, 0.1) is 19.4 Å². The van der Waals surface area contributed by atoms with Gasteiger partial charge in [0.2, 0.25) is 0 Å². The van der Waals surface area contributed by atoms with Crippen molar-refractivity contribution in [2.45, 2.75) is 6.92 Å². The Hall–Kier alpha value is -3.61. The van der Waals surface area contributed by atoms with Crippen LogP contribution >= 0.6 is 0 Å². The number of rotatable bonds is 10. The van der Waals surface area contributed by atoms with Crippen molar-refractivity contribution >= 4 is 18.0 Å². The van der Waals surface area contributed by atoms with Crippen LogP contribution in [0.25, 0.3) is 0 Å². The van der Waals surface area contributed by atoms with Crippen LogP contribution in [0.2, 0.25) is 0 Å². The molecule has 0 bridgehead atoms. The minimum absolute atomic E-state index is 0.196. The molecule has 2 aromatic carbocycles. The van der Waals surface area contributed by atoms with Crippen LogP contribution in [0.15, 0.2) is 66.3 Å². The molecule has 0 aromatic heterocycles. The first-order valence-corrected chi connectivity index (χ1v) is 8.79. The van der Waals surface area contributed by atoms with Gasteiger partial charge in [-0.2, -0.15) is 5.10 Å². The average Bonchev–Trinajstić information content (AvgIpc) is 2.72. The molecule has 0 unspecified atom stereocenters. The predicted molar refractivity (Wildman–Crippen MR) is 108 cm³/mol. The number of carbonyl (C=O) groups excluding carboxylic acids is 2. The zero-order chi connectivity index (χ0) is 20.2. The lowest BCUT2D eigenvalue weighted by atomic mass is 10.2. The minimum Gasteiger partial charge on any atom is -0.494 e. The van der Waals surface area contributed by atoms with Gasteiger partial charge in [0.15, 0.2) is 0 Å². The Morgan fingerprint density at radius 2 is 1.86 bits per heavy atom. The highest BCUT2D eigenvalue weighted by Crippen LogP contribution is 2.15. The van der Waals surface area contributed by atoms with Crippen molar-refractivity contribution < 1.29 is 19.1 Å². The van der Waals surface area contributed by atoms with Crippen molar-refractivity contribution in [1.82, 2.24) is 10.7 Å². The van der Waals surface area contributed by atoms with E-state index in [4.69, 9.17) is 9.47 Å². The molecule has 0 aliphatic heterocycles. The fraction of sp³-hybridized carbons (Fsp3) is 0.190. The summed E-state index contributed by atoms with van der Waals surface area (Å²) in [6, 6.07) is 14.0. The molecular formula is C21H23N3O4. The standard InChI is InChI=1S/C21H23N3O4/c1-3-13-28-19-8-6-5-7-17(19)14-23-24-20(25)15-22-21(26)16-9-11-18(12-10-16)27-4-2/h3,5-12,14H,1,4,13,15H2,2H3,(H,22,26)(H,24,25)/b23-14-. The Morgan fingerprint density at radius 3 is 2.57 bits per heavy atom. The number of para-hydroxylation sites is 1. The average molecular weight is 381 g/mol. The lowest BCUT2D eigenvalue weighted by Crippen LogP contribution is -2.34. The van der Waals surface area contributed by atoms with E-state index in [0.29, 0.717) is 35.8 Å². The third-order valence-electron chi connectivity index (χ3n) is 3.51. The fourth-order valence-corrected chi connectivity index (χ4v) is 2.21. The van der Waals surface area contributed by atoms with Gasteiger partial charge >= 0.3 is 0 Å². The highest BCUT2D eigenvalue weighted by molar-refractivity contribution is 5.96. The quantitative estimate of drug-likeness (QED) is 0.376. The second kappa shape index (κ2) is 11.2. The van der Waals surface area contributed by atoms with Gasteiger partial charge in [-0.15, -0.1) is 0 Å². The van der Waals surface area contributed by atoms with Crippen LogP contribution in [0.3, 0.4) is 0 Å². The number of hydrogen-bond donors (Lipinski definition) is 2. The van der Waals surface area contributed by atoms with E-state index in [0.717, 1.165) is 0 Å². The van der Waals surface area contributed by atoms with Crippen molar-refractivity contribution in [3.8, 4) is 11.5 Å². The molecule has 146 valence electrons. The van der Waals surface area contributed by atoms with Crippen molar-refractivity contribution in [2.75, 3.05) is 19.8 Å².